The van der Waals surface area contributed by atoms with Crippen LogP contribution in [0.5, 0.6) is 0 Å². The molecule has 0 aliphatic carbocycles. The van der Waals surface area contributed by atoms with Gasteiger partial charge in [0.1, 0.15) is 6.04 Å². The number of benzene rings is 1. The minimum Gasteiger partial charge on any atom is -0.264 e. The van der Waals surface area contributed by atoms with Crippen molar-refractivity contribution in [2.24, 2.45) is 0 Å². The Labute approximate surface area is 129 Å². The summed E-state index contributed by atoms with van der Waals surface area (Å²) in [5.74, 6) is 0. The van der Waals surface area contributed by atoms with Crippen molar-refractivity contribution in [2.45, 2.75) is 31.6 Å². The lowest BCUT2D eigenvalue weighted by atomic mass is 10.1. The summed E-state index contributed by atoms with van der Waals surface area (Å²) in [6.07, 6.45) is 0. The van der Waals surface area contributed by atoms with E-state index >= 15 is 0 Å². The molecule has 0 bridgehead atoms. The summed E-state index contributed by atoms with van der Waals surface area (Å²) in [5.41, 5.74) is 3.26. The van der Waals surface area contributed by atoms with Gasteiger partial charge in [0, 0.05) is 4.92 Å². The second-order valence-corrected chi connectivity index (χ2v) is 8.53. The molecule has 21 heavy (non-hydrogen) atoms. The molecule has 0 saturated heterocycles. The maximum absolute atomic E-state index is 12.2. The lowest BCUT2D eigenvalue weighted by Gasteiger charge is -2.22. The first-order valence-electron chi connectivity index (χ1n) is 6.40. The molecule has 2 unspecified atom stereocenters. The van der Waals surface area contributed by atoms with Crippen molar-refractivity contribution in [1.29, 1.82) is 0 Å². The van der Waals surface area contributed by atoms with E-state index in [-0.39, 0.29) is 6.54 Å². The fraction of sp³-hybridized carbons (Fsp3) is 0.462. The van der Waals surface area contributed by atoms with Crippen LogP contribution in [0.4, 0.5) is 0 Å². The molecule has 0 spiro atoms. The van der Waals surface area contributed by atoms with E-state index < -0.39 is 26.7 Å². The quantitative estimate of drug-likeness (QED) is 0.676. The van der Waals surface area contributed by atoms with Gasteiger partial charge in [0.25, 0.3) is 0 Å². The van der Waals surface area contributed by atoms with Gasteiger partial charge in [-0.15, -0.1) is 11.3 Å². The van der Waals surface area contributed by atoms with Crippen LogP contribution in [0.25, 0.3) is 10.2 Å². The molecular formula is C13H17N3O3S2. The molecule has 6 nitrogen and oxygen atoms in total. The molecule has 0 saturated carbocycles. The van der Waals surface area contributed by atoms with E-state index in [1.54, 1.807) is 5.51 Å². The molecular weight excluding hydrogens is 310 g/mol. The lowest BCUT2D eigenvalue weighted by molar-refractivity contribution is -0.483. The fourth-order valence-electron chi connectivity index (χ4n) is 1.76. The van der Waals surface area contributed by atoms with E-state index in [2.05, 4.69) is 9.71 Å². The molecule has 2 rings (SSSR count). The minimum absolute atomic E-state index is 0.322. The zero-order chi connectivity index (χ0) is 15.6. The fourth-order valence-corrected chi connectivity index (χ4v) is 3.24. The number of hydrogen-bond acceptors (Lipinski definition) is 5. The van der Waals surface area contributed by atoms with Crippen LogP contribution in [0.15, 0.2) is 23.7 Å². The highest BCUT2D eigenvalue weighted by atomic mass is 32.2. The number of nitrogens with zero attached hydrogens (tertiary/aromatic N) is 2. The Balaban J connectivity index is 2.30. The third-order valence-corrected chi connectivity index (χ3v) is 5.31. The van der Waals surface area contributed by atoms with Crippen molar-refractivity contribution in [2.75, 3.05) is 6.54 Å². The van der Waals surface area contributed by atoms with Crippen LogP contribution in [0, 0.1) is 10.1 Å². The first-order valence-corrected chi connectivity index (χ1v) is 8.43. The Morgan fingerprint density at radius 2 is 2.19 bits per heavy atom. The molecule has 2 atom stereocenters. The molecule has 1 aromatic heterocycles. The van der Waals surface area contributed by atoms with E-state index in [0.29, 0.717) is 0 Å². The van der Waals surface area contributed by atoms with Gasteiger partial charge in [-0.25, -0.2) is 13.9 Å². The summed E-state index contributed by atoms with van der Waals surface area (Å²) in [6.45, 7) is 5.15. The van der Waals surface area contributed by atoms with Crippen LogP contribution in [0.1, 0.15) is 32.4 Å². The zero-order valence-electron chi connectivity index (χ0n) is 12.0. The monoisotopic (exact) mass is 327 g/mol. The molecule has 1 heterocycles. The number of nitrogens with one attached hydrogen (secondary N) is 1. The smallest absolute Gasteiger partial charge is 0.224 e. The van der Waals surface area contributed by atoms with Crippen LogP contribution < -0.4 is 4.72 Å². The van der Waals surface area contributed by atoms with Crippen LogP contribution in [-0.2, 0) is 11.0 Å². The molecule has 0 amide bonds. The highest BCUT2D eigenvalue weighted by molar-refractivity contribution is 7.84. The molecule has 2 aromatic rings. The van der Waals surface area contributed by atoms with Crippen molar-refractivity contribution in [3.05, 3.63) is 39.4 Å². The largest absolute Gasteiger partial charge is 0.264 e. The standard InChI is InChI=1S/C13H17N3O3S2/c1-13(2,3)21(19)15-11(7-16(17)18)9-4-5-12-10(6-9)14-8-20-12/h4-6,8,11,15H,7H2,1-3H3. The number of nitro groups is 1. The average Bonchev–Trinajstić information content (AvgIpc) is 2.83. The summed E-state index contributed by atoms with van der Waals surface area (Å²) in [7, 11) is -1.38. The van der Waals surface area contributed by atoms with Gasteiger partial charge in [-0.2, -0.15) is 0 Å². The third-order valence-electron chi connectivity index (χ3n) is 2.89. The Kier molecular flexibility index (Phi) is 4.70. The summed E-state index contributed by atoms with van der Waals surface area (Å²) in [5, 5.41) is 10.9. The Bertz CT molecular complexity index is 679. The molecule has 1 aromatic carbocycles. The normalized spacial score (nSPS) is 15.0. The molecule has 0 aliphatic heterocycles. The topological polar surface area (TPSA) is 85.1 Å². The predicted molar refractivity (Wildman–Crippen MR) is 85.3 cm³/mol. The Hall–Kier alpha value is -1.38. The number of fused-ring (bicyclic) bond motifs is 1. The average molecular weight is 327 g/mol. The third kappa shape index (κ3) is 4.05. The highest BCUT2D eigenvalue weighted by Gasteiger charge is 2.26. The van der Waals surface area contributed by atoms with Crippen LogP contribution in [-0.4, -0.2) is 25.4 Å². The maximum atomic E-state index is 12.2. The summed E-state index contributed by atoms with van der Waals surface area (Å²) >= 11 is 1.51. The van der Waals surface area contributed by atoms with Crippen molar-refractivity contribution < 1.29 is 9.13 Å². The zero-order valence-corrected chi connectivity index (χ0v) is 13.7. The second kappa shape index (κ2) is 6.17. The first kappa shape index (κ1) is 16.0. The van der Waals surface area contributed by atoms with Crippen molar-refractivity contribution >= 4 is 32.5 Å². The number of aromatic nitrogens is 1. The molecule has 0 fully saturated rings. The van der Waals surface area contributed by atoms with Gasteiger partial charge in [-0.05, 0) is 38.5 Å². The molecule has 1 N–H and O–H groups in total. The van der Waals surface area contributed by atoms with Gasteiger partial charge in [0.05, 0.1) is 31.5 Å². The molecule has 0 radical (unpaired) electrons. The maximum Gasteiger partial charge on any atom is 0.224 e. The van der Waals surface area contributed by atoms with Gasteiger partial charge in [-0.3, -0.25) is 10.1 Å². The summed E-state index contributed by atoms with van der Waals surface area (Å²) < 4.78 is 15.6. The van der Waals surface area contributed by atoms with Crippen molar-refractivity contribution in [3.8, 4) is 0 Å². The SMILES string of the molecule is CC(C)(C)S(=O)NC(C[N+](=O)[O-])c1ccc2scnc2c1. The Morgan fingerprint density at radius 1 is 1.48 bits per heavy atom. The number of thiazole rings is 1. The first-order chi connectivity index (χ1) is 9.77. The second-order valence-electron chi connectivity index (χ2n) is 5.65. The van der Waals surface area contributed by atoms with Crippen LogP contribution in [0.2, 0.25) is 0 Å². The molecule has 114 valence electrons. The number of hydrogen-bond donors (Lipinski definition) is 1. The van der Waals surface area contributed by atoms with Gasteiger partial charge in [0.15, 0.2) is 0 Å². The number of rotatable bonds is 5. The molecule has 8 heteroatoms. The van der Waals surface area contributed by atoms with Gasteiger partial charge in [0.2, 0.25) is 6.54 Å². The van der Waals surface area contributed by atoms with Gasteiger partial charge >= 0.3 is 0 Å². The lowest BCUT2D eigenvalue weighted by Crippen LogP contribution is -2.38. The van der Waals surface area contributed by atoms with Gasteiger partial charge in [-0.1, -0.05) is 6.07 Å². The molecule has 0 aliphatic rings. The van der Waals surface area contributed by atoms with E-state index in [1.807, 2.05) is 39.0 Å². The van der Waals surface area contributed by atoms with Crippen LogP contribution >= 0.6 is 11.3 Å². The van der Waals surface area contributed by atoms with Crippen molar-refractivity contribution in [3.63, 3.8) is 0 Å². The van der Waals surface area contributed by atoms with Crippen molar-refractivity contribution in [1.82, 2.24) is 9.71 Å². The summed E-state index contributed by atoms with van der Waals surface area (Å²) in [6, 6.07) is 4.91. The van der Waals surface area contributed by atoms with E-state index in [1.165, 1.54) is 11.3 Å². The highest BCUT2D eigenvalue weighted by Crippen LogP contribution is 2.24. The Morgan fingerprint density at radius 3 is 2.81 bits per heavy atom. The van der Waals surface area contributed by atoms with Crippen LogP contribution in [0.3, 0.4) is 0 Å². The summed E-state index contributed by atoms with van der Waals surface area (Å²) in [4.78, 5) is 14.7. The van der Waals surface area contributed by atoms with E-state index in [4.69, 9.17) is 0 Å². The van der Waals surface area contributed by atoms with Gasteiger partial charge < -0.3 is 0 Å². The van der Waals surface area contributed by atoms with E-state index in [0.717, 1.165) is 15.8 Å². The minimum atomic E-state index is -1.38. The van der Waals surface area contributed by atoms with E-state index in [9.17, 15) is 14.3 Å². The predicted octanol–water partition coefficient (Wildman–Crippen LogP) is 2.67.